The highest BCUT2D eigenvalue weighted by Gasteiger charge is 2.25. The van der Waals surface area contributed by atoms with Crippen molar-refractivity contribution in [2.24, 2.45) is 5.73 Å². The van der Waals surface area contributed by atoms with Gasteiger partial charge in [0, 0.05) is 26.2 Å². The average Bonchev–Trinajstić information content (AvgIpc) is 2.46. The largest absolute Gasteiger partial charge is 0.494 e. The summed E-state index contributed by atoms with van der Waals surface area (Å²) in [6.07, 6.45) is 0.793. The van der Waals surface area contributed by atoms with Crippen LogP contribution in [-0.4, -0.2) is 49.6 Å². The van der Waals surface area contributed by atoms with Crippen LogP contribution in [0.25, 0.3) is 0 Å². The Balaban J connectivity index is 1.72. The summed E-state index contributed by atoms with van der Waals surface area (Å²) < 4.78 is 18.2. The van der Waals surface area contributed by atoms with Gasteiger partial charge in [-0.2, -0.15) is 0 Å². The summed E-state index contributed by atoms with van der Waals surface area (Å²) in [4.78, 5) is 13.4. The Bertz CT molecular complexity index is 439. The smallest absolute Gasteiger partial charge is 0.236 e. The second-order valence-corrected chi connectivity index (χ2v) is 4.81. The van der Waals surface area contributed by atoms with Gasteiger partial charge in [0.1, 0.15) is 17.6 Å². The van der Waals surface area contributed by atoms with Crippen LogP contribution in [0.15, 0.2) is 24.3 Å². The lowest BCUT2D eigenvalue weighted by Gasteiger charge is -2.34. The minimum Gasteiger partial charge on any atom is -0.494 e. The van der Waals surface area contributed by atoms with Crippen LogP contribution in [0, 0.1) is 5.82 Å². The first-order chi connectivity index (χ1) is 9.66. The molecule has 1 fully saturated rings. The molecule has 0 spiro atoms. The van der Waals surface area contributed by atoms with Gasteiger partial charge in [-0.05, 0) is 30.7 Å². The number of nitrogens with one attached hydrogen (secondary N) is 1. The third-order valence-electron chi connectivity index (χ3n) is 3.35. The number of piperazine rings is 1. The molecule has 1 saturated heterocycles. The van der Waals surface area contributed by atoms with E-state index in [0.29, 0.717) is 18.9 Å². The molecule has 1 heterocycles. The highest BCUT2D eigenvalue weighted by Crippen LogP contribution is 2.11. The third-order valence-corrected chi connectivity index (χ3v) is 3.35. The number of halogens is 1. The monoisotopic (exact) mass is 281 g/mol. The van der Waals surface area contributed by atoms with E-state index < -0.39 is 0 Å². The molecule has 20 heavy (non-hydrogen) atoms. The molecule has 1 aromatic rings. The van der Waals surface area contributed by atoms with Gasteiger partial charge in [0.15, 0.2) is 0 Å². The standard InChI is InChI=1S/C14H20FN3O2/c15-11-2-4-12(5-3-11)20-9-1-7-18-8-6-17-10-13(18)14(16)19/h2-5,13,17H,1,6-10H2,(H2,16,19). The average molecular weight is 281 g/mol. The number of amides is 1. The molecule has 0 aromatic heterocycles. The molecule has 5 nitrogen and oxygen atoms in total. The van der Waals surface area contributed by atoms with Crippen LogP contribution in [0.5, 0.6) is 5.75 Å². The molecule has 1 aliphatic rings. The number of hydrogen-bond acceptors (Lipinski definition) is 4. The lowest BCUT2D eigenvalue weighted by Crippen LogP contribution is -2.57. The first-order valence-corrected chi connectivity index (χ1v) is 6.79. The third kappa shape index (κ3) is 4.18. The first kappa shape index (κ1) is 14.7. The molecule has 2 rings (SSSR count). The van der Waals surface area contributed by atoms with E-state index in [0.717, 1.165) is 26.1 Å². The second kappa shape index (κ2) is 7.21. The Morgan fingerprint density at radius 2 is 2.20 bits per heavy atom. The van der Waals surface area contributed by atoms with E-state index >= 15 is 0 Å². The van der Waals surface area contributed by atoms with Gasteiger partial charge in [0.25, 0.3) is 0 Å². The van der Waals surface area contributed by atoms with Crippen molar-refractivity contribution < 1.29 is 13.9 Å². The number of nitrogens with zero attached hydrogens (tertiary/aromatic N) is 1. The number of nitrogens with two attached hydrogens (primary N) is 1. The number of benzene rings is 1. The zero-order valence-corrected chi connectivity index (χ0v) is 11.3. The van der Waals surface area contributed by atoms with E-state index in [9.17, 15) is 9.18 Å². The van der Waals surface area contributed by atoms with Gasteiger partial charge in [0.2, 0.25) is 5.91 Å². The molecule has 1 amide bonds. The zero-order chi connectivity index (χ0) is 14.4. The molecule has 110 valence electrons. The molecule has 1 aliphatic heterocycles. The fourth-order valence-corrected chi connectivity index (χ4v) is 2.28. The minimum absolute atomic E-state index is 0.241. The summed E-state index contributed by atoms with van der Waals surface area (Å²) in [5, 5.41) is 3.16. The highest BCUT2D eigenvalue weighted by molar-refractivity contribution is 5.80. The molecular formula is C14H20FN3O2. The van der Waals surface area contributed by atoms with Gasteiger partial charge in [-0.1, -0.05) is 0 Å². The summed E-state index contributed by atoms with van der Waals surface area (Å²) in [5.41, 5.74) is 5.38. The Hall–Kier alpha value is -1.66. The number of primary amides is 1. The Kier molecular flexibility index (Phi) is 5.31. The quantitative estimate of drug-likeness (QED) is 0.739. The van der Waals surface area contributed by atoms with Crippen LogP contribution < -0.4 is 15.8 Å². The minimum atomic E-state index is -0.295. The van der Waals surface area contributed by atoms with Gasteiger partial charge >= 0.3 is 0 Å². The van der Waals surface area contributed by atoms with E-state index in [-0.39, 0.29) is 17.8 Å². The van der Waals surface area contributed by atoms with Crippen molar-refractivity contribution in [2.75, 3.05) is 32.8 Å². The Labute approximate surface area is 117 Å². The van der Waals surface area contributed by atoms with Crippen LogP contribution in [0.2, 0.25) is 0 Å². The predicted molar refractivity (Wildman–Crippen MR) is 73.9 cm³/mol. The van der Waals surface area contributed by atoms with Gasteiger partial charge < -0.3 is 15.8 Å². The van der Waals surface area contributed by atoms with Crippen LogP contribution in [0.4, 0.5) is 4.39 Å². The van der Waals surface area contributed by atoms with E-state index in [1.54, 1.807) is 12.1 Å². The molecule has 0 saturated carbocycles. The predicted octanol–water partition coefficient (Wildman–Crippen LogP) is 0.354. The number of rotatable bonds is 6. The maximum Gasteiger partial charge on any atom is 0.236 e. The fourth-order valence-electron chi connectivity index (χ4n) is 2.28. The highest BCUT2D eigenvalue weighted by atomic mass is 19.1. The zero-order valence-electron chi connectivity index (χ0n) is 11.3. The molecule has 1 unspecified atom stereocenters. The summed E-state index contributed by atoms with van der Waals surface area (Å²) in [6, 6.07) is 5.71. The maximum atomic E-state index is 12.7. The lowest BCUT2D eigenvalue weighted by atomic mass is 10.1. The van der Waals surface area contributed by atoms with Crippen molar-refractivity contribution in [3.8, 4) is 5.75 Å². The topological polar surface area (TPSA) is 67.6 Å². The van der Waals surface area contributed by atoms with Crippen molar-refractivity contribution in [2.45, 2.75) is 12.5 Å². The van der Waals surface area contributed by atoms with Crippen LogP contribution >= 0.6 is 0 Å². The molecule has 3 N–H and O–H groups in total. The molecule has 1 atom stereocenters. The summed E-state index contributed by atoms with van der Waals surface area (Å²) >= 11 is 0. The van der Waals surface area contributed by atoms with Crippen molar-refractivity contribution in [1.82, 2.24) is 10.2 Å². The van der Waals surface area contributed by atoms with Crippen LogP contribution in [0.3, 0.4) is 0 Å². The van der Waals surface area contributed by atoms with E-state index in [1.807, 2.05) is 0 Å². The number of hydrogen-bond donors (Lipinski definition) is 2. The number of ether oxygens (including phenoxy) is 1. The summed E-state index contributed by atoms with van der Waals surface area (Å²) in [7, 11) is 0. The van der Waals surface area contributed by atoms with Crippen molar-refractivity contribution >= 4 is 5.91 Å². The molecule has 0 radical (unpaired) electrons. The summed E-state index contributed by atoms with van der Waals surface area (Å²) in [6.45, 7) is 3.57. The van der Waals surface area contributed by atoms with Crippen LogP contribution in [-0.2, 0) is 4.79 Å². The first-order valence-electron chi connectivity index (χ1n) is 6.79. The fraction of sp³-hybridized carbons (Fsp3) is 0.500. The Morgan fingerprint density at radius 3 is 2.90 bits per heavy atom. The van der Waals surface area contributed by atoms with Gasteiger partial charge in [-0.3, -0.25) is 9.69 Å². The molecule has 1 aromatic carbocycles. The van der Waals surface area contributed by atoms with Crippen molar-refractivity contribution in [3.63, 3.8) is 0 Å². The van der Waals surface area contributed by atoms with Gasteiger partial charge in [0.05, 0.1) is 6.61 Å². The van der Waals surface area contributed by atoms with Gasteiger partial charge in [-0.15, -0.1) is 0 Å². The summed E-state index contributed by atoms with van der Waals surface area (Å²) in [5.74, 6) is 0.0808. The second-order valence-electron chi connectivity index (χ2n) is 4.81. The number of carbonyl (C=O) groups is 1. The van der Waals surface area contributed by atoms with Crippen LogP contribution in [0.1, 0.15) is 6.42 Å². The van der Waals surface area contributed by atoms with Gasteiger partial charge in [-0.25, -0.2) is 4.39 Å². The van der Waals surface area contributed by atoms with E-state index in [2.05, 4.69) is 10.2 Å². The normalized spacial score (nSPS) is 19.8. The maximum absolute atomic E-state index is 12.7. The SMILES string of the molecule is NC(=O)C1CNCCN1CCCOc1ccc(F)cc1. The van der Waals surface area contributed by atoms with Crippen molar-refractivity contribution in [3.05, 3.63) is 30.1 Å². The van der Waals surface area contributed by atoms with Crippen molar-refractivity contribution in [1.29, 1.82) is 0 Å². The van der Waals surface area contributed by atoms with E-state index in [1.165, 1.54) is 12.1 Å². The molecule has 0 bridgehead atoms. The molecular weight excluding hydrogens is 261 g/mol. The molecule has 0 aliphatic carbocycles. The lowest BCUT2D eigenvalue weighted by molar-refractivity contribution is -0.123. The Morgan fingerprint density at radius 1 is 1.45 bits per heavy atom. The molecule has 6 heteroatoms. The van der Waals surface area contributed by atoms with E-state index in [4.69, 9.17) is 10.5 Å². The number of carbonyl (C=O) groups excluding carboxylic acids is 1.